The van der Waals surface area contributed by atoms with Crippen molar-refractivity contribution in [3.63, 3.8) is 0 Å². The van der Waals surface area contributed by atoms with E-state index < -0.39 is 0 Å². The van der Waals surface area contributed by atoms with Crippen LogP contribution in [-0.4, -0.2) is 16.9 Å². The fraction of sp³-hybridized carbons (Fsp3) is 0.842. The van der Waals surface area contributed by atoms with Crippen LogP contribution in [0, 0.1) is 17.3 Å². The molecule has 0 unspecified atom stereocenters. The van der Waals surface area contributed by atoms with E-state index in [1.807, 2.05) is 0 Å². The molecule has 2 saturated carbocycles. The highest BCUT2D eigenvalue weighted by Gasteiger charge is 2.49. The van der Waals surface area contributed by atoms with Gasteiger partial charge in [0.25, 0.3) is 0 Å². The highest BCUT2D eigenvalue weighted by atomic mass is 16.1. The molecule has 2 rings (SSSR count). The number of carbonyl (C=O) groups excluding carboxylic acids is 1. The minimum Gasteiger partial charge on any atom is -0.300 e. The van der Waals surface area contributed by atoms with Crippen LogP contribution in [0.25, 0.3) is 0 Å². The summed E-state index contributed by atoms with van der Waals surface area (Å²) in [5, 5.41) is 3.60. The Labute approximate surface area is 130 Å². The highest BCUT2D eigenvalue weighted by molar-refractivity contribution is 5.88. The summed E-state index contributed by atoms with van der Waals surface area (Å²) in [7, 11) is 0. The third-order valence-electron chi connectivity index (χ3n) is 5.65. The molecule has 0 heterocycles. The van der Waals surface area contributed by atoms with Gasteiger partial charge in [0.15, 0.2) is 5.78 Å². The van der Waals surface area contributed by atoms with Crippen LogP contribution in [0.2, 0.25) is 0 Å². The second-order valence-electron chi connectivity index (χ2n) is 9.23. The van der Waals surface area contributed by atoms with Gasteiger partial charge in [-0.25, -0.2) is 0 Å². The Hall–Kier alpha value is -0.630. The summed E-state index contributed by atoms with van der Waals surface area (Å²) < 4.78 is 0. The molecule has 2 aliphatic carbocycles. The molecule has 1 N–H and O–H groups in total. The Morgan fingerprint density at radius 3 is 2.33 bits per heavy atom. The lowest BCUT2D eigenvalue weighted by Gasteiger charge is -2.53. The molecule has 0 aromatic rings. The molecule has 0 aromatic carbocycles. The summed E-state index contributed by atoms with van der Waals surface area (Å²) in [6, 6.07) is 0. The van der Waals surface area contributed by atoms with Crippen LogP contribution >= 0.6 is 0 Å². The van der Waals surface area contributed by atoms with Gasteiger partial charge in [-0.05, 0) is 70.6 Å². The van der Waals surface area contributed by atoms with Crippen molar-refractivity contribution in [1.29, 1.82) is 0 Å². The highest BCUT2D eigenvalue weighted by Crippen LogP contribution is 2.56. The molecule has 0 spiro atoms. The van der Waals surface area contributed by atoms with Crippen LogP contribution in [-0.2, 0) is 4.79 Å². The number of hydrogen-bond acceptors (Lipinski definition) is 2. The van der Waals surface area contributed by atoms with Crippen LogP contribution in [0.5, 0.6) is 0 Å². The number of nitrogens with one attached hydrogen (secondary N) is 1. The van der Waals surface area contributed by atoms with E-state index in [1.54, 1.807) is 0 Å². The van der Waals surface area contributed by atoms with Crippen LogP contribution in [0.1, 0.15) is 73.6 Å². The van der Waals surface area contributed by atoms with Gasteiger partial charge in [-0.2, -0.15) is 0 Å². The molecule has 3 atom stereocenters. The van der Waals surface area contributed by atoms with Gasteiger partial charge in [0.1, 0.15) is 0 Å². The zero-order chi connectivity index (χ0) is 16.1. The second kappa shape index (κ2) is 5.22. The molecule has 2 aliphatic rings. The normalized spacial score (nSPS) is 37.0. The first kappa shape index (κ1) is 16.7. The molecule has 0 aromatic heterocycles. The van der Waals surface area contributed by atoms with Crippen molar-refractivity contribution in [3.05, 3.63) is 12.2 Å². The van der Waals surface area contributed by atoms with Crippen molar-refractivity contribution in [2.75, 3.05) is 0 Å². The maximum atomic E-state index is 12.8. The first-order valence-electron chi connectivity index (χ1n) is 8.45. The SMILES string of the molecule is C=C1CCC(=O)[C@@](C)(NC(C)(C)C)CC[C@@H]2[C@@H]1CC2(C)C. The van der Waals surface area contributed by atoms with Crippen LogP contribution in [0.4, 0.5) is 0 Å². The Bertz CT molecular complexity index is 443. The molecular formula is C19H33NO. The van der Waals surface area contributed by atoms with Crippen molar-refractivity contribution in [3.8, 4) is 0 Å². The number of allylic oxidation sites excluding steroid dienone is 1. The molecule has 0 amide bonds. The lowest BCUT2D eigenvalue weighted by atomic mass is 9.52. The van der Waals surface area contributed by atoms with Gasteiger partial charge < -0.3 is 5.32 Å². The van der Waals surface area contributed by atoms with E-state index in [0.29, 0.717) is 29.5 Å². The quantitative estimate of drug-likeness (QED) is 0.721. The molecule has 2 heteroatoms. The molecule has 120 valence electrons. The first-order valence-corrected chi connectivity index (χ1v) is 8.45. The fourth-order valence-corrected chi connectivity index (χ4v) is 4.54. The fourth-order valence-electron chi connectivity index (χ4n) is 4.54. The van der Waals surface area contributed by atoms with Crippen molar-refractivity contribution in [2.24, 2.45) is 17.3 Å². The molecule has 2 nitrogen and oxygen atoms in total. The minimum absolute atomic E-state index is 0.0377. The van der Waals surface area contributed by atoms with Crippen molar-refractivity contribution < 1.29 is 4.79 Å². The summed E-state index contributed by atoms with van der Waals surface area (Å²) in [6.07, 6.45) is 4.83. The molecular weight excluding hydrogens is 258 g/mol. The zero-order valence-electron chi connectivity index (χ0n) is 14.8. The Balaban J connectivity index is 2.21. The topological polar surface area (TPSA) is 29.1 Å². The third-order valence-corrected chi connectivity index (χ3v) is 5.65. The lowest BCUT2D eigenvalue weighted by Crippen LogP contribution is -2.57. The largest absolute Gasteiger partial charge is 0.300 e. The van der Waals surface area contributed by atoms with Crippen molar-refractivity contribution in [2.45, 2.75) is 84.7 Å². The maximum Gasteiger partial charge on any atom is 0.152 e. The first-order chi connectivity index (χ1) is 9.45. The van der Waals surface area contributed by atoms with Crippen molar-refractivity contribution in [1.82, 2.24) is 5.32 Å². The van der Waals surface area contributed by atoms with E-state index in [9.17, 15) is 4.79 Å². The Morgan fingerprint density at radius 2 is 1.81 bits per heavy atom. The van der Waals surface area contributed by atoms with Crippen LogP contribution in [0.15, 0.2) is 12.2 Å². The monoisotopic (exact) mass is 291 g/mol. The molecule has 0 bridgehead atoms. The van der Waals surface area contributed by atoms with E-state index in [1.165, 1.54) is 12.0 Å². The number of ketones is 1. The summed E-state index contributed by atoms with van der Waals surface area (Å²) in [5.41, 5.74) is 1.29. The average Bonchev–Trinajstić information content (AvgIpc) is 2.32. The second-order valence-corrected chi connectivity index (χ2v) is 9.23. The van der Waals surface area contributed by atoms with Gasteiger partial charge in [0.2, 0.25) is 0 Å². The molecule has 0 saturated heterocycles. The Morgan fingerprint density at radius 1 is 1.19 bits per heavy atom. The number of Topliss-reactive ketones (excluding diaryl/α,β-unsaturated/α-hetero) is 1. The number of hydrogen-bond donors (Lipinski definition) is 1. The van der Waals surface area contributed by atoms with E-state index in [-0.39, 0.29) is 11.1 Å². The zero-order valence-corrected chi connectivity index (χ0v) is 14.8. The summed E-state index contributed by atoms with van der Waals surface area (Å²) in [5.74, 6) is 1.69. The number of carbonyl (C=O) groups is 1. The third kappa shape index (κ3) is 3.41. The molecule has 21 heavy (non-hydrogen) atoms. The summed E-state index contributed by atoms with van der Waals surface area (Å²) >= 11 is 0. The average molecular weight is 291 g/mol. The number of fused-ring (bicyclic) bond motifs is 1. The minimum atomic E-state index is -0.390. The van der Waals surface area contributed by atoms with Gasteiger partial charge >= 0.3 is 0 Å². The van der Waals surface area contributed by atoms with Gasteiger partial charge in [0.05, 0.1) is 5.54 Å². The predicted octanol–water partition coefficient (Wildman–Crippen LogP) is 4.49. The molecule has 0 aliphatic heterocycles. The van der Waals surface area contributed by atoms with E-state index >= 15 is 0 Å². The molecule has 0 radical (unpaired) electrons. The summed E-state index contributed by atoms with van der Waals surface area (Å²) in [6.45, 7) is 17.6. The summed E-state index contributed by atoms with van der Waals surface area (Å²) in [4.78, 5) is 12.8. The van der Waals surface area contributed by atoms with Crippen LogP contribution < -0.4 is 5.32 Å². The predicted molar refractivity (Wildman–Crippen MR) is 89.3 cm³/mol. The van der Waals surface area contributed by atoms with Gasteiger partial charge in [-0.3, -0.25) is 4.79 Å². The van der Waals surface area contributed by atoms with E-state index in [4.69, 9.17) is 0 Å². The number of rotatable bonds is 1. The lowest BCUT2D eigenvalue weighted by molar-refractivity contribution is -0.126. The van der Waals surface area contributed by atoms with Gasteiger partial charge in [-0.1, -0.05) is 26.0 Å². The van der Waals surface area contributed by atoms with Crippen molar-refractivity contribution >= 4 is 5.78 Å². The molecule has 2 fully saturated rings. The van der Waals surface area contributed by atoms with Gasteiger partial charge in [0, 0.05) is 12.0 Å². The standard InChI is InChI=1S/C19H33NO/c1-13-8-9-16(21)19(7,20-17(2,3)4)11-10-15-14(13)12-18(15,5)6/h14-15,20H,1,8-12H2,2-7H3/t14-,15-,19+/m1/s1. The Kier molecular flexibility index (Phi) is 4.16. The smallest absolute Gasteiger partial charge is 0.152 e. The maximum absolute atomic E-state index is 12.8. The van der Waals surface area contributed by atoms with E-state index in [2.05, 4.69) is 53.4 Å². The van der Waals surface area contributed by atoms with Crippen LogP contribution in [0.3, 0.4) is 0 Å². The van der Waals surface area contributed by atoms with E-state index in [0.717, 1.165) is 19.3 Å². The van der Waals surface area contributed by atoms with Gasteiger partial charge in [-0.15, -0.1) is 0 Å².